The van der Waals surface area contributed by atoms with Gasteiger partial charge in [0.2, 0.25) is 0 Å². The molecule has 0 spiro atoms. The first-order valence-electron chi connectivity index (χ1n) is 29.8. The highest BCUT2D eigenvalue weighted by Crippen LogP contribution is 2.48. The summed E-state index contributed by atoms with van der Waals surface area (Å²) in [5.74, 6) is 1.82. The fraction of sp³-hybridized carbons (Fsp3) is 0.486. The molecular formula is C70H90N2O6. The molecule has 0 bridgehead atoms. The number of anilines is 6. The molecule has 1 saturated carbocycles. The van der Waals surface area contributed by atoms with Gasteiger partial charge >= 0.3 is 0 Å². The maximum atomic E-state index is 6.28. The van der Waals surface area contributed by atoms with Gasteiger partial charge in [0.1, 0.15) is 11.5 Å². The van der Waals surface area contributed by atoms with E-state index in [-0.39, 0.29) is 16.2 Å². The summed E-state index contributed by atoms with van der Waals surface area (Å²) in [7, 11) is 0. The Morgan fingerprint density at radius 1 is 0.385 bits per heavy atom. The summed E-state index contributed by atoms with van der Waals surface area (Å²) in [6, 6.07) is 50.0. The Hall–Kier alpha value is -5.64. The maximum Gasteiger partial charge on any atom is 0.119 e. The largest absolute Gasteiger partial charge is 0.494 e. The third-order valence-electron chi connectivity index (χ3n) is 17.0. The van der Waals surface area contributed by atoms with Gasteiger partial charge in [0.15, 0.2) is 0 Å². The van der Waals surface area contributed by atoms with E-state index in [0.29, 0.717) is 13.2 Å². The molecule has 78 heavy (non-hydrogen) atoms. The van der Waals surface area contributed by atoms with E-state index in [1.165, 1.54) is 52.6 Å². The minimum atomic E-state index is -0.0722. The van der Waals surface area contributed by atoms with Gasteiger partial charge in [-0.2, -0.15) is 0 Å². The summed E-state index contributed by atoms with van der Waals surface area (Å²) in [5.41, 5.74) is 15.1. The normalized spacial score (nSPS) is 16.2. The van der Waals surface area contributed by atoms with Gasteiger partial charge < -0.3 is 38.2 Å². The van der Waals surface area contributed by atoms with E-state index in [1.807, 2.05) is 0 Å². The number of ether oxygens (including phenoxy) is 6. The lowest BCUT2D eigenvalue weighted by molar-refractivity contribution is -0.150. The molecule has 0 unspecified atom stereocenters. The fourth-order valence-corrected chi connectivity index (χ4v) is 12.0. The van der Waals surface area contributed by atoms with Crippen molar-refractivity contribution >= 4 is 34.1 Å². The topological polar surface area (TPSA) is 61.9 Å². The zero-order valence-electron chi connectivity index (χ0n) is 48.2. The van der Waals surface area contributed by atoms with Crippen molar-refractivity contribution in [2.45, 2.75) is 143 Å². The van der Waals surface area contributed by atoms with Gasteiger partial charge in [0.05, 0.1) is 52.9 Å². The van der Waals surface area contributed by atoms with Crippen molar-refractivity contribution in [1.29, 1.82) is 0 Å². The summed E-state index contributed by atoms with van der Waals surface area (Å²) in [5, 5.41) is 0. The third kappa shape index (κ3) is 14.6. The summed E-state index contributed by atoms with van der Waals surface area (Å²) in [6.07, 6.45) is 17.1. The van der Waals surface area contributed by atoms with Crippen molar-refractivity contribution in [2.24, 2.45) is 10.8 Å². The average molecular weight is 1060 g/mol. The number of rotatable bonds is 30. The molecule has 416 valence electrons. The van der Waals surface area contributed by atoms with Crippen LogP contribution in [0.2, 0.25) is 0 Å². The van der Waals surface area contributed by atoms with E-state index in [4.69, 9.17) is 28.4 Å². The van der Waals surface area contributed by atoms with Gasteiger partial charge in [-0.3, -0.25) is 0 Å². The second kappa shape index (κ2) is 27.5. The van der Waals surface area contributed by atoms with Crippen molar-refractivity contribution in [3.8, 4) is 11.5 Å². The average Bonchev–Trinajstić information content (AvgIpc) is 3.43. The number of hydrogen-bond donors (Lipinski definition) is 0. The number of nitrogens with zero attached hydrogens (tertiary/aromatic N) is 2. The number of aryl methyl sites for hydroxylation is 4. The lowest BCUT2D eigenvalue weighted by Crippen LogP contribution is -2.45. The van der Waals surface area contributed by atoms with E-state index in [0.717, 1.165) is 176 Å². The Bertz CT molecular complexity index is 2520. The van der Waals surface area contributed by atoms with Gasteiger partial charge in [-0.05, 0) is 222 Å². The van der Waals surface area contributed by atoms with Gasteiger partial charge in [0, 0.05) is 63.6 Å². The summed E-state index contributed by atoms with van der Waals surface area (Å²) < 4.78 is 35.5. The molecule has 2 heterocycles. The first-order valence-corrected chi connectivity index (χ1v) is 29.8. The minimum Gasteiger partial charge on any atom is -0.494 e. The van der Waals surface area contributed by atoms with Crippen LogP contribution in [0.4, 0.5) is 34.1 Å². The molecule has 2 saturated heterocycles. The molecule has 0 amide bonds. The molecular weight excluding hydrogens is 965 g/mol. The van der Waals surface area contributed by atoms with Gasteiger partial charge in [-0.15, -0.1) is 0 Å². The summed E-state index contributed by atoms with van der Waals surface area (Å²) in [4.78, 5) is 4.79. The molecule has 3 aliphatic rings. The number of hydrogen-bond acceptors (Lipinski definition) is 8. The van der Waals surface area contributed by atoms with Crippen LogP contribution >= 0.6 is 0 Å². The summed E-state index contributed by atoms with van der Waals surface area (Å²) >= 11 is 0. The minimum absolute atomic E-state index is 0.0722. The van der Waals surface area contributed by atoms with E-state index in [2.05, 4.69) is 185 Å². The Morgan fingerprint density at radius 3 is 1.04 bits per heavy atom. The second-order valence-electron chi connectivity index (χ2n) is 23.4. The van der Waals surface area contributed by atoms with E-state index >= 15 is 0 Å². The first-order chi connectivity index (χ1) is 38.1. The molecule has 6 aromatic carbocycles. The van der Waals surface area contributed by atoms with Crippen LogP contribution in [0.25, 0.3) is 0 Å². The lowest BCUT2D eigenvalue weighted by atomic mass is 9.65. The molecule has 2 aliphatic heterocycles. The van der Waals surface area contributed by atoms with E-state index in [9.17, 15) is 0 Å². The summed E-state index contributed by atoms with van der Waals surface area (Å²) in [6.45, 7) is 21.3. The highest BCUT2D eigenvalue weighted by molar-refractivity contribution is 5.79. The first kappa shape index (κ1) is 57.1. The Kier molecular flexibility index (Phi) is 20.1. The predicted molar refractivity (Wildman–Crippen MR) is 322 cm³/mol. The molecule has 0 atom stereocenters. The highest BCUT2D eigenvalue weighted by Gasteiger charge is 2.38. The van der Waals surface area contributed by atoms with Crippen molar-refractivity contribution in [3.63, 3.8) is 0 Å². The Morgan fingerprint density at radius 2 is 0.718 bits per heavy atom. The lowest BCUT2D eigenvalue weighted by Gasteiger charge is -2.40. The van der Waals surface area contributed by atoms with Crippen molar-refractivity contribution < 1.29 is 28.4 Å². The zero-order valence-corrected chi connectivity index (χ0v) is 48.2. The Labute approximate surface area is 468 Å². The second-order valence-corrected chi connectivity index (χ2v) is 23.4. The van der Waals surface area contributed by atoms with Crippen LogP contribution in [0.5, 0.6) is 11.5 Å². The molecule has 1 aliphatic carbocycles. The molecule has 8 nitrogen and oxygen atoms in total. The van der Waals surface area contributed by atoms with Crippen LogP contribution in [-0.2, 0) is 24.4 Å². The van der Waals surface area contributed by atoms with Crippen LogP contribution in [0.15, 0.2) is 133 Å². The maximum absolute atomic E-state index is 6.28. The van der Waals surface area contributed by atoms with Crippen molar-refractivity contribution in [2.75, 3.05) is 75.9 Å². The zero-order chi connectivity index (χ0) is 54.2. The molecule has 0 aromatic heterocycles. The van der Waals surface area contributed by atoms with Gasteiger partial charge in [-0.25, -0.2) is 0 Å². The molecule has 0 N–H and O–H groups in total. The van der Waals surface area contributed by atoms with Crippen LogP contribution in [0, 0.1) is 38.5 Å². The van der Waals surface area contributed by atoms with Crippen LogP contribution in [-0.4, -0.2) is 66.1 Å². The molecule has 8 heteroatoms. The van der Waals surface area contributed by atoms with Gasteiger partial charge in [-0.1, -0.05) is 82.3 Å². The fourth-order valence-electron chi connectivity index (χ4n) is 12.0. The smallest absolute Gasteiger partial charge is 0.119 e. The SMILES string of the molecule is CCC1(COCCCCCCOc2ccc(N(c3ccc(C4(c5ccc(N(c6ccc(OCCCCCCOCC7(CC)COC7)cc6)c6cc(C)cc(C)c6)cc5)CCCCC4)cc3)c3cc(C)cc(C)c3)cc2)COC1. The quantitative estimate of drug-likeness (QED) is 0.0414. The van der Waals surface area contributed by atoms with Crippen molar-refractivity contribution in [3.05, 3.63) is 167 Å². The van der Waals surface area contributed by atoms with E-state index in [1.54, 1.807) is 0 Å². The highest BCUT2D eigenvalue weighted by atomic mass is 16.5. The molecule has 3 fully saturated rings. The molecule has 0 radical (unpaired) electrons. The van der Waals surface area contributed by atoms with Crippen LogP contribution < -0.4 is 19.3 Å². The van der Waals surface area contributed by atoms with Gasteiger partial charge in [0.25, 0.3) is 0 Å². The van der Waals surface area contributed by atoms with Crippen molar-refractivity contribution in [1.82, 2.24) is 0 Å². The number of benzene rings is 6. The van der Waals surface area contributed by atoms with Crippen LogP contribution in [0.1, 0.15) is 144 Å². The molecule has 6 aromatic rings. The standard InChI is InChI=1S/C70H90N2O6/c1-7-68(50-75-51-68)48-73-38-16-9-11-18-40-77-66-32-28-62(29-33-66)71(64-44-54(3)42-55(4)45-64)60-24-20-58(21-25-60)70(36-14-13-15-37-70)59-22-26-61(27-23-59)72(65-46-56(5)43-57(6)47-65)63-30-34-67(35-31-63)78-41-19-12-10-17-39-74-49-69(8-2)52-76-53-69/h20-35,42-47H,7-19,36-41,48-53H2,1-6H3. The molecule has 9 rings (SSSR count). The van der Waals surface area contributed by atoms with Crippen LogP contribution in [0.3, 0.4) is 0 Å². The number of unbranched alkanes of at least 4 members (excludes halogenated alkanes) is 6. The third-order valence-corrected chi connectivity index (χ3v) is 17.0. The predicted octanol–water partition coefficient (Wildman–Crippen LogP) is 17.9. The Balaban J connectivity index is 0.853. The monoisotopic (exact) mass is 1050 g/mol. The van der Waals surface area contributed by atoms with E-state index < -0.39 is 0 Å².